The normalized spacial score (nSPS) is 22.8. The minimum absolute atomic E-state index is 0.198. The molecule has 2 unspecified atom stereocenters. The van der Waals surface area contributed by atoms with E-state index in [1.807, 2.05) is 18.2 Å². The molecule has 0 spiro atoms. The highest BCUT2D eigenvalue weighted by atomic mass is 32.2. The van der Waals surface area contributed by atoms with Gasteiger partial charge in [0, 0.05) is 36.7 Å². The molecule has 1 aromatic rings. The largest absolute Gasteiger partial charge is 0.369 e. The molecule has 2 saturated heterocycles. The highest BCUT2D eigenvalue weighted by Gasteiger charge is 2.32. The highest BCUT2D eigenvalue weighted by Crippen LogP contribution is 2.27. The van der Waals surface area contributed by atoms with Crippen LogP contribution in [0.25, 0.3) is 0 Å². The second-order valence-corrected chi connectivity index (χ2v) is 9.36. The van der Waals surface area contributed by atoms with Crippen LogP contribution in [-0.4, -0.2) is 70.6 Å². The number of ether oxygens (including phenoxy) is 1. The lowest BCUT2D eigenvalue weighted by Crippen LogP contribution is -2.51. The predicted octanol–water partition coefficient (Wildman–Crippen LogP) is 2.68. The van der Waals surface area contributed by atoms with Gasteiger partial charge in [0.05, 0.1) is 6.54 Å². The minimum Gasteiger partial charge on any atom is -0.369 e. The first-order valence-electron chi connectivity index (χ1n) is 10.7. The summed E-state index contributed by atoms with van der Waals surface area (Å²) in [6.07, 6.45) is 12.2. The Bertz CT molecular complexity index is 711. The maximum Gasteiger partial charge on any atom is 0.237 e. The monoisotopic (exact) mass is 416 g/mol. The van der Waals surface area contributed by atoms with Gasteiger partial charge in [-0.1, -0.05) is 30.5 Å². The molecule has 0 aliphatic carbocycles. The second kappa shape index (κ2) is 11.6. The Morgan fingerprint density at radius 2 is 1.90 bits per heavy atom. The Hall–Kier alpha value is -1.52. The van der Waals surface area contributed by atoms with Crippen LogP contribution in [0.15, 0.2) is 35.2 Å². The summed E-state index contributed by atoms with van der Waals surface area (Å²) in [5.41, 5.74) is 0. The van der Waals surface area contributed by atoms with Gasteiger partial charge >= 0.3 is 0 Å². The topological polar surface area (TPSA) is 49.9 Å². The average molecular weight is 417 g/mol. The van der Waals surface area contributed by atoms with Gasteiger partial charge in [-0.3, -0.25) is 14.6 Å². The molecule has 3 rings (SSSR count). The number of hydrogen-bond donors (Lipinski definition) is 0. The van der Waals surface area contributed by atoms with Crippen LogP contribution in [0.5, 0.6) is 0 Å². The molecule has 0 saturated carbocycles. The van der Waals surface area contributed by atoms with E-state index in [1.165, 1.54) is 19.3 Å². The van der Waals surface area contributed by atoms with E-state index >= 15 is 0 Å². The van der Waals surface area contributed by atoms with E-state index in [4.69, 9.17) is 11.2 Å². The average Bonchev–Trinajstić information content (AvgIpc) is 2.77. The summed E-state index contributed by atoms with van der Waals surface area (Å²) in [4.78, 5) is 17.9. The fourth-order valence-corrected chi connectivity index (χ4v) is 5.46. The number of piperidine rings is 2. The minimum atomic E-state index is -1.57. The lowest BCUT2D eigenvalue weighted by Gasteiger charge is -2.44. The van der Waals surface area contributed by atoms with Gasteiger partial charge < -0.3 is 4.74 Å². The van der Waals surface area contributed by atoms with E-state index < -0.39 is 10.8 Å². The maximum absolute atomic E-state index is 12.4. The molecule has 2 atom stereocenters. The number of hydrogen-bond acceptors (Lipinski definition) is 5. The van der Waals surface area contributed by atoms with Gasteiger partial charge in [0.1, 0.15) is 17.4 Å². The highest BCUT2D eigenvalue weighted by molar-refractivity contribution is 8.00. The number of benzene rings is 1. The number of terminal acetylenes is 1. The van der Waals surface area contributed by atoms with E-state index in [0.717, 1.165) is 45.5 Å². The van der Waals surface area contributed by atoms with Crippen molar-refractivity contribution >= 4 is 15.9 Å². The smallest absolute Gasteiger partial charge is 0.237 e. The summed E-state index contributed by atoms with van der Waals surface area (Å²) in [5, 5.41) is -0.198. The van der Waals surface area contributed by atoms with Gasteiger partial charge in [-0.25, -0.2) is 4.21 Å². The Balaban J connectivity index is 1.46. The second-order valence-electron chi connectivity index (χ2n) is 7.89. The molecular formula is C23H32N2O3S. The van der Waals surface area contributed by atoms with Crippen molar-refractivity contribution in [1.82, 2.24) is 9.80 Å². The molecule has 158 valence electrons. The van der Waals surface area contributed by atoms with Crippen LogP contribution in [0.2, 0.25) is 0 Å². The van der Waals surface area contributed by atoms with E-state index in [2.05, 4.69) is 15.7 Å². The summed E-state index contributed by atoms with van der Waals surface area (Å²) >= 11 is 0. The van der Waals surface area contributed by atoms with Gasteiger partial charge in [0.25, 0.3) is 0 Å². The quantitative estimate of drug-likeness (QED) is 0.482. The van der Waals surface area contributed by atoms with Gasteiger partial charge in [-0.2, -0.15) is 0 Å². The molecule has 1 aromatic carbocycles. The molecule has 29 heavy (non-hydrogen) atoms. The predicted molar refractivity (Wildman–Crippen MR) is 116 cm³/mol. The molecule has 5 nitrogen and oxygen atoms in total. The first kappa shape index (κ1) is 22.2. The van der Waals surface area contributed by atoms with Crippen molar-refractivity contribution in [3.63, 3.8) is 0 Å². The van der Waals surface area contributed by atoms with E-state index in [-0.39, 0.29) is 11.7 Å². The van der Waals surface area contributed by atoms with Crippen molar-refractivity contribution in [2.45, 2.75) is 55.5 Å². The lowest BCUT2D eigenvalue weighted by atomic mass is 9.93. The summed E-state index contributed by atoms with van der Waals surface area (Å²) < 4.78 is 17.9. The Morgan fingerprint density at radius 1 is 1.14 bits per heavy atom. The van der Waals surface area contributed by atoms with Crippen molar-refractivity contribution in [3.8, 4) is 12.3 Å². The first-order valence-corrected chi connectivity index (χ1v) is 11.8. The Kier molecular flexibility index (Phi) is 8.88. The zero-order chi connectivity index (χ0) is 20.5. The van der Waals surface area contributed by atoms with Crippen LogP contribution in [-0.2, 0) is 20.3 Å². The zero-order valence-corrected chi connectivity index (χ0v) is 17.9. The standard InChI is InChI=1S/C23H32N2O3S/c1-2-17-28-18-13-20-8-6-7-14-25(20)21-11-15-24(16-12-21)19-23(26)29(27)22-9-4-3-5-10-22/h1,3-5,9-10,20-21H,6-8,11-19H2. The van der Waals surface area contributed by atoms with Crippen molar-refractivity contribution in [2.75, 3.05) is 39.4 Å². The molecular weight excluding hydrogens is 384 g/mol. The van der Waals surface area contributed by atoms with E-state index in [9.17, 15) is 9.00 Å². The molecule has 2 aliphatic heterocycles. The fourth-order valence-electron chi connectivity index (χ4n) is 4.49. The zero-order valence-electron chi connectivity index (χ0n) is 17.1. The van der Waals surface area contributed by atoms with Crippen LogP contribution in [0.1, 0.15) is 38.5 Å². The molecule has 0 N–H and O–H groups in total. The molecule has 0 amide bonds. The molecule has 0 bridgehead atoms. The van der Waals surface area contributed by atoms with Crippen LogP contribution >= 0.6 is 0 Å². The van der Waals surface area contributed by atoms with Crippen molar-refractivity contribution in [3.05, 3.63) is 30.3 Å². The fraction of sp³-hybridized carbons (Fsp3) is 0.609. The van der Waals surface area contributed by atoms with Gasteiger partial charge in [-0.05, 0) is 50.8 Å². The van der Waals surface area contributed by atoms with Crippen molar-refractivity contribution in [2.24, 2.45) is 0 Å². The van der Waals surface area contributed by atoms with Crippen molar-refractivity contribution < 1.29 is 13.7 Å². The molecule has 2 fully saturated rings. The van der Waals surface area contributed by atoms with Gasteiger partial charge in [0.2, 0.25) is 5.12 Å². The summed E-state index contributed by atoms with van der Waals surface area (Å²) in [7, 11) is -1.57. The maximum atomic E-state index is 12.4. The Labute approximate surface area is 177 Å². The van der Waals surface area contributed by atoms with Crippen LogP contribution in [0.3, 0.4) is 0 Å². The molecule has 2 aliphatic rings. The molecule has 2 heterocycles. The number of carbonyl (C=O) groups is 1. The number of rotatable bonds is 8. The Morgan fingerprint density at radius 3 is 2.62 bits per heavy atom. The first-order chi connectivity index (χ1) is 14.2. The molecule has 0 radical (unpaired) electrons. The summed E-state index contributed by atoms with van der Waals surface area (Å²) in [5.74, 6) is 2.53. The van der Waals surface area contributed by atoms with Crippen LogP contribution in [0.4, 0.5) is 0 Å². The van der Waals surface area contributed by atoms with Crippen LogP contribution < -0.4 is 0 Å². The van der Waals surface area contributed by atoms with Gasteiger partial charge in [-0.15, -0.1) is 6.42 Å². The SMILES string of the molecule is C#CCOCCC1CCCCN1C1CCN(CC(=O)S(=O)c2ccccc2)CC1. The number of nitrogens with zero attached hydrogens (tertiary/aromatic N) is 2. The third-order valence-corrected chi connectivity index (χ3v) is 7.24. The number of likely N-dealkylation sites (tertiary alicyclic amines) is 2. The summed E-state index contributed by atoms with van der Waals surface area (Å²) in [6.45, 7) is 4.32. The molecule has 0 aromatic heterocycles. The number of carbonyl (C=O) groups excluding carboxylic acids is 1. The lowest BCUT2D eigenvalue weighted by molar-refractivity contribution is -0.112. The van der Waals surface area contributed by atoms with Gasteiger partial charge in [0.15, 0.2) is 0 Å². The van der Waals surface area contributed by atoms with E-state index in [0.29, 0.717) is 23.6 Å². The molecule has 6 heteroatoms. The van der Waals surface area contributed by atoms with Crippen LogP contribution in [0, 0.1) is 12.3 Å². The van der Waals surface area contributed by atoms with E-state index in [1.54, 1.807) is 12.1 Å². The third-order valence-electron chi connectivity index (χ3n) is 6.00. The van der Waals surface area contributed by atoms with Crippen molar-refractivity contribution in [1.29, 1.82) is 0 Å². The summed E-state index contributed by atoms with van der Waals surface area (Å²) in [6, 6.07) is 10.2. The third kappa shape index (κ3) is 6.48.